The second kappa shape index (κ2) is 6.48. The number of para-hydroxylation sites is 2. The molecule has 0 amide bonds. The number of fused-ring (bicyclic) bond motifs is 1. The van der Waals surface area contributed by atoms with E-state index in [1.165, 1.54) is 6.20 Å². The molecule has 0 unspecified atom stereocenters. The molecule has 1 N–H and O–H groups in total. The lowest BCUT2D eigenvalue weighted by atomic mass is 10.1. The van der Waals surface area contributed by atoms with E-state index in [0.717, 1.165) is 30.5 Å². The minimum absolute atomic E-state index is 0.0376. The number of hydrogen-bond acceptors (Lipinski definition) is 3. The summed E-state index contributed by atoms with van der Waals surface area (Å²) in [6.07, 6.45) is 2.56. The number of nitrogens with one attached hydrogen (secondary N) is 1. The Hall–Kier alpha value is -1.68. The van der Waals surface area contributed by atoms with E-state index in [4.69, 9.17) is 0 Å². The fraction of sp³-hybridized carbons (Fsp3) is 0.467. The zero-order valence-corrected chi connectivity index (χ0v) is 11.6. The van der Waals surface area contributed by atoms with E-state index in [0.29, 0.717) is 12.5 Å². The standard InChI is InChI=1S/C15H21N3O/c1-12(2)7-8-16-9-10-18-14-6-4-3-5-13(14)17-11-15(18)19/h3-6,11-12,16H,7-10H2,1-2H3. The third kappa shape index (κ3) is 3.64. The van der Waals surface area contributed by atoms with Gasteiger partial charge in [0.15, 0.2) is 0 Å². The van der Waals surface area contributed by atoms with Gasteiger partial charge in [0.2, 0.25) is 0 Å². The Balaban J connectivity index is 2.04. The van der Waals surface area contributed by atoms with Gasteiger partial charge in [-0.1, -0.05) is 26.0 Å². The fourth-order valence-corrected chi connectivity index (χ4v) is 2.05. The van der Waals surface area contributed by atoms with Crippen molar-refractivity contribution >= 4 is 11.0 Å². The molecule has 0 saturated carbocycles. The number of rotatable bonds is 6. The smallest absolute Gasteiger partial charge is 0.269 e. The number of hydrogen-bond donors (Lipinski definition) is 1. The van der Waals surface area contributed by atoms with Crippen molar-refractivity contribution in [2.45, 2.75) is 26.8 Å². The Labute approximate surface area is 113 Å². The lowest BCUT2D eigenvalue weighted by Gasteiger charge is -2.10. The first kappa shape index (κ1) is 13.7. The normalized spacial score (nSPS) is 11.3. The van der Waals surface area contributed by atoms with Gasteiger partial charge in [0.25, 0.3) is 5.56 Å². The molecule has 0 aliphatic carbocycles. The molecule has 0 spiro atoms. The molecule has 102 valence electrons. The van der Waals surface area contributed by atoms with E-state index >= 15 is 0 Å². The first-order valence-electron chi connectivity index (χ1n) is 6.84. The molecule has 1 aromatic heterocycles. The van der Waals surface area contributed by atoms with E-state index < -0.39 is 0 Å². The molecule has 0 saturated heterocycles. The van der Waals surface area contributed by atoms with Crippen LogP contribution in [0.25, 0.3) is 11.0 Å². The van der Waals surface area contributed by atoms with Crippen LogP contribution < -0.4 is 10.9 Å². The Morgan fingerprint density at radius 1 is 1.26 bits per heavy atom. The highest BCUT2D eigenvalue weighted by Crippen LogP contribution is 2.07. The minimum Gasteiger partial charge on any atom is -0.315 e. The Morgan fingerprint density at radius 3 is 2.84 bits per heavy atom. The van der Waals surface area contributed by atoms with Gasteiger partial charge in [0.1, 0.15) is 0 Å². The van der Waals surface area contributed by atoms with Crippen LogP contribution in [0, 0.1) is 5.92 Å². The Kier molecular flexibility index (Phi) is 4.68. The molecule has 0 atom stereocenters. The van der Waals surface area contributed by atoms with Crippen LogP contribution in [0.15, 0.2) is 35.3 Å². The Morgan fingerprint density at radius 2 is 2.05 bits per heavy atom. The predicted octanol–water partition coefficient (Wildman–Crippen LogP) is 2.03. The molecule has 0 radical (unpaired) electrons. The lowest BCUT2D eigenvalue weighted by molar-refractivity contribution is 0.519. The highest BCUT2D eigenvalue weighted by Gasteiger charge is 2.02. The van der Waals surface area contributed by atoms with Crippen LogP contribution in [0.3, 0.4) is 0 Å². The molecule has 0 bridgehead atoms. The van der Waals surface area contributed by atoms with Crippen LogP contribution >= 0.6 is 0 Å². The summed E-state index contributed by atoms with van der Waals surface area (Å²) in [4.78, 5) is 16.0. The van der Waals surface area contributed by atoms with Gasteiger partial charge in [-0.2, -0.15) is 0 Å². The maximum atomic E-state index is 11.9. The highest BCUT2D eigenvalue weighted by molar-refractivity contribution is 5.74. The summed E-state index contributed by atoms with van der Waals surface area (Å²) < 4.78 is 1.78. The van der Waals surface area contributed by atoms with E-state index in [1.54, 1.807) is 4.57 Å². The van der Waals surface area contributed by atoms with Crippen molar-refractivity contribution in [3.05, 3.63) is 40.8 Å². The van der Waals surface area contributed by atoms with Crippen molar-refractivity contribution in [2.24, 2.45) is 5.92 Å². The number of aromatic nitrogens is 2. The van der Waals surface area contributed by atoms with Gasteiger partial charge in [-0.05, 0) is 31.0 Å². The summed E-state index contributed by atoms with van der Waals surface area (Å²) in [7, 11) is 0. The van der Waals surface area contributed by atoms with Gasteiger partial charge in [0.05, 0.1) is 17.2 Å². The fourth-order valence-electron chi connectivity index (χ4n) is 2.05. The predicted molar refractivity (Wildman–Crippen MR) is 78.3 cm³/mol. The second-order valence-electron chi connectivity index (χ2n) is 5.17. The summed E-state index contributed by atoms with van der Waals surface area (Å²) in [5.74, 6) is 0.706. The molecule has 1 heterocycles. The third-order valence-corrected chi connectivity index (χ3v) is 3.16. The molecule has 4 heteroatoms. The van der Waals surface area contributed by atoms with Gasteiger partial charge >= 0.3 is 0 Å². The summed E-state index contributed by atoms with van der Waals surface area (Å²) >= 11 is 0. The SMILES string of the molecule is CC(C)CCNCCn1c(=O)cnc2ccccc21. The number of nitrogens with zero attached hydrogens (tertiary/aromatic N) is 2. The van der Waals surface area contributed by atoms with Gasteiger partial charge < -0.3 is 9.88 Å². The van der Waals surface area contributed by atoms with Crippen molar-refractivity contribution in [3.8, 4) is 0 Å². The first-order chi connectivity index (χ1) is 9.18. The van der Waals surface area contributed by atoms with Crippen LogP contribution in [-0.2, 0) is 6.54 Å². The zero-order chi connectivity index (χ0) is 13.7. The van der Waals surface area contributed by atoms with Crippen molar-refractivity contribution in [3.63, 3.8) is 0 Å². The van der Waals surface area contributed by atoms with Crippen LogP contribution in [0.4, 0.5) is 0 Å². The van der Waals surface area contributed by atoms with Crippen molar-refractivity contribution < 1.29 is 0 Å². The monoisotopic (exact) mass is 259 g/mol. The van der Waals surface area contributed by atoms with Gasteiger partial charge in [-0.3, -0.25) is 4.79 Å². The van der Waals surface area contributed by atoms with E-state index in [1.807, 2.05) is 24.3 Å². The minimum atomic E-state index is -0.0376. The molecular weight excluding hydrogens is 238 g/mol. The maximum Gasteiger partial charge on any atom is 0.269 e. The molecule has 0 aliphatic rings. The van der Waals surface area contributed by atoms with E-state index in [-0.39, 0.29) is 5.56 Å². The van der Waals surface area contributed by atoms with E-state index in [2.05, 4.69) is 24.1 Å². The summed E-state index contributed by atoms with van der Waals surface area (Å²) in [6.45, 7) is 6.90. The lowest BCUT2D eigenvalue weighted by Crippen LogP contribution is -2.28. The van der Waals surface area contributed by atoms with Crippen LogP contribution in [0.5, 0.6) is 0 Å². The highest BCUT2D eigenvalue weighted by atomic mass is 16.1. The molecular formula is C15H21N3O. The molecule has 4 nitrogen and oxygen atoms in total. The molecule has 0 fully saturated rings. The van der Waals surface area contributed by atoms with Crippen molar-refractivity contribution in [1.29, 1.82) is 0 Å². The quantitative estimate of drug-likeness (QED) is 0.807. The maximum absolute atomic E-state index is 11.9. The number of benzene rings is 1. The van der Waals surface area contributed by atoms with Gasteiger partial charge in [-0.25, -0.2) is 4.98 Å². The zero-order valence-electron chi connectivity index (χ0n) is 11.6. The second-order valence-corrected chi connectivity index (χ2v) is 5.17. The van der Waals surface area contributed by atoms with Crippen molar-refractivity contribution in [2.75, 3.05) is 13.1 Å². The summed E-state index contributed by atoms with van der Waals surface area (Å²) in [6, 6.07) is 7.74. The van der Waals surface area contributed by atoms with Crippen molar-refractivity contribution in [1.82, 2.24) is 14.9 Å². The molecule has 0 aliphatic heterocycles. The van der Waals surface area contributed by atoms with Gasteiger partial charge in [-0.15, -0.1) is 0 Å². The van der Waals surface area contributed by atoms with Crippen LogP contribution in [0.2, 0.25) is 0 Å². The molecule has 2 rings (SSSR count). The largest absolute Gasteiger partial charge is 0.315 e. The molecule has 2 aromatic rings. The third-order valence-electron chi connectivity index (χ3n) is 3.16. The molecule has 1 aromatic carbocycles. The first-order valence-corrected chi connectivity index (χ1v) is 6.84. The summed E-state index contributed by atoms with van der Waals surface area (Å²) in [5, 5.41) is 3.38. The average molecular weight is 259 g/mol. The summed E-state index contributed by atoms with van der Waals surface area (Å²) in [5.41, 5.74) is 1.73. The average Bonchev–Trinajstić information content (AvgIpc) is 2.40. The van der Waals surface area contributed by atoms with E-state index in [9.17, 15) is 4.79 Å². The van der Waals surface area contributed by atoms with Crippen LogP contribution in [-0.4, -0.2) is 22.6 Å². The topological polar surface area (TPSA) is 46.9 Å². The van der Waals surface area contributed by atoms with Gasteiger partial charge in [0, 0.05) is 13.1 Å². The Bertz CT molecular complexity index is 589. The van der Waals surface area contributed by atoms with Crippen LogP contribution in [0.1, 0.15) is 20.3 Å². The molecule has 19 heavy (non-hydrogen) atoms.